The summed E-state index contributed by atoms with van der Waals surface area (Å²) in [4.78, 5) is 0. The summed E-state index contributed by atoms with van der Waals surface area (Å²) in [5.41, 5.74) is 2.13. The second-order valence-corrected chi connectivity index (χ2v) is 4.52. The van der Waals surface area contributed by atoms with Crippen molar-refractivity contribution in [1.29, 1.82) is 0 Å². The molecule has 0 aliphatic carbocycles. The number of benzene rings is 1. The highest BCUT2D eigenvalue weighted by atomic mass is 19.1. The lowest BCUT2D eigenvalue weighted by Gasteiger charge is -2.16. The van der Waals surface area contributed by atoms with E-state index in [0.29, 0.717) is 5.56 Å². The molecule has 0 saturated carbocycles. The summed E-state index contributed by atoms with van der Waals surface area (Å²) in [5.74, 6) is -1.15. The van der Waals surface area contributed by atoms with Gasteiger partial charge in [0.2, 0.25) is 0 Å². The Morgan fingerprint density at radius 3 is 2.75 bits per heavy atom. The minimum atomic E-state index is -0.582. The lowest BCUT2D eigenvalue weighted by Crippen LogP contribution is -2.19. The number of hydrogen-bond donors (Lipinski definition) is 1. The van der Waals surface area contributed by atoms with Crippen LogP contribution < -0.4 is 5.32 Å². The minimum Gasteiger partial charge on any atom is -0.309 e. The molecule has 0 spiro atoms. The first-order chi connectivity index (χ1) is 9.70. The Kier molecular flexibility index (Phi) is 3.20. The van der Waals surface area contributed by atoms with Gasteiger partial charge in [-0.15, -0.1) is 0 Å². The van der Waals surface area contributed by atoms with Crippen molar-refractivity contribution in [2.24, 2.45) is 0 Å². The van der Waals surface area contributed by atoms with Gasteiger partial charge in [0.05, 0.1) is 17.8 Å². The molecule has 1 unspecified atom stereocenters. The first kappa shape index (κ1) is 12.7. The Balaban J connectivity index is 2.14. The number of rotatable bonds is 3. The van der Waals surface area contributed by atoms with Crippen LogP contribution in [0.4, 0.5) is 8.78 Å². The first-order valence-electron chi connectivity index (χ1n) is 6.25. The number of aromatic nitrogens is 2. The molecule has 0 radical (unpaired) electrons. The van der Waals surface area contributed by atoms with Gasteiger partial charge in [-0.05, 0) is 25.2 Å². The lowest BCUT2D eigenvalue weighted by atomic mass is 9.99. The Morgan fingerprint density at radius 2 is 2.00 bits per heavy atom. The summed E-state index contributed by atoms with van der Waals surface area (Å²) in [6.45, 7) is 0. The molecule has 2 aromatic heterocycles. The number of fused-ring (bicyclic) bond motifs is 1. The van der Waals surface area contributed by atoms with Gasteiger partial charge in [0.15, 0.2) is 0 Å². The summed E-state index contributed by atoms with van der Waals surface area (Å²) in [5, 5.41) is 7.30. The van der Waals surface area contributed by atoms with Gasteiger partial charge in [0.25, 0.3) is 0 Å². The Morgan fingerprint density at radius 1 is 1.15 bits per heavy atom. The van der Waals surface area contributed by atoms with Crippen LogP contribution in [-0.4, -0.2) is 16.7 Å². The molecule has 0 fully saturated rings. The summed E-state index contributed by atoms with van der Waals surface area (Å²) in [7, 11) is 1.74. The second-order valence-electron chi connectivity index (χ2n) is 4.52. The van der Waals surface area contributed by atoms with Crippen molar-refractivity contribution in [2.75, 3.05) is 7.05 Å². The maximum Gasteiger partial charge on any atom is 0.131 e. The monoisotopic (exact) mass is 273 g/mol. The molecule has 0 saturated heterocycles. The normalized spacial score (nSPS) is 12.8. The van der Waals surface area contributed by atoms with Gasteiger partial charge >= 0.3 is 0 Å². The molecule has 0 amide bonds. The number of halogens is 2. The maximum absolute atomic E-state index is 14.0. The van der Waals surface area contributed by atoms with E-state index < -0.39 is 11.6 Å². The van der Waals surface area contributed by atoms with Crippen LogP contribution in [0.1, 0.15) is 17.2 Å². The zero-order valence-corrected chi connectivity index (χ0v) is 10.8. The predicted molar refractivity (Wildman–Crippen MR) is 72.5 cm³/mol. The molecule has 3 rings (SSSR count). The van der Waals surface area contributed by atoms with Crippen LogP contribution in [0.3, 0.4) is 0 Å². The lowest BCUT2D eigenvalue weighted by molar-refractivity contribution is 0.552. The third-order valence-corrected chi connectivity index (χ3v) is 3.33. The highest BCUT2D eigenvalue weighted by molar-refractivity contribution is 5.57. The molecule has 1 N–H and O–H groups in total. The Bertz CT molecular complexity index is 752. The molecular weight excluding hydrogens is 260 g/mol. The van der Waals surface area contributed by atoms with Crippen molar-refractivity contribution in [3.63, 3.8) is 0 Å². The van der Waals surface area contributed by atoms with Crippen molar-refractivity contribution in [2.45, 2.75) is 6.04 Å². The van der Waals surface area contributed by atoms with Gasteiger partial charge in [-0.2, -0.15) is 5.10 Å². The van der Waals surface area contributed by atoms with Crippen LogP contribution in [0.2, 0.25) is 0 Å². The zero-order valence-electron chi connectivity index (χ0n) is 10.8. The molecule has 0 aliphatic heterocycles. The van der Waals surface area contributed by atoms with Gasteiger partial charge in [0.1, 0.15) is 11.6 Å². The molecule has 3 aromatic rings. The number of nitrogens with zero attached hydrogens (tertiary/aromatic N) is 2. The molecule has 2 heterocycles. The van der Waals surface area contributed by atoms with Crippen LogP contribution in [-0.2, 0) is 0 Å². The summed E-state index contributed by atoms with van der Waals surface area (Å²) in [6.07, 6.45) is 3.52. The quantitative estimate of drug-likeness (QED) is 0.795. The average molecular weight is 273 g/mol. The molecule has 0 aliphatic rings. The van der Waals surface area contributed by atoms with Crippen molar-refractivity contribution >= 4 is 5.52 Å². The Labute approximate surface area is 114 Å². The average Bonchev–Trinajstić information content (AvgIpc) is 2.86. The fraction of sp³-hybridized carbons (Fsp3) is 0.133. The van der Waals surface area contributed by atoms with Crippen LogP contribution >= 0.6 is 0 Å². The largest absolute Gasteiger partial charge is 0.309 e. The number of hydrogen-bond acceptors (Lipinski definition) is 2. The Hall–Kier alpha value is -2.27. The van der Waals surface area contributed by atoms with E-state index >= 15 is 0 Å². The predicted octanol–water partition coefficient (Wildman–Crippen LogP) is 2.92. The third kappa shape index (κ3) is 2.06. The first-order valence-corrected chi connectivity index (χ1v) is 6.25. The van der Waals surface area contributed by atoms with E-state index in [1.54, 1.807) is 17.8 Å². The molecule has 20 heavy (non-hydrogen) atoms. The van der Waals surface area contributed by atoms with Gasteiger partial charge in [-0.1, -0.05) is 12.1 Å². The van der Waals surface area contributed by atoms with Gasteiger partial charge in [-0.3, -0.25) is 0 Å². The van der Waals surface area contributed by atoms with Gasteiger partial charge in [-0.25, -0.2) is 13.3 Å². The highest BCUT2D eigenvalue weighted by Crippen LogP contribution is 2.27. The molecule has 0 bridgehead atoms. The van der Waals surface area contributed by atoms with Crippen molar-refractivity contribution in [1.82, 2.24) is 14.9 Å². The van der Waals surface area contributed by atoms with Gasteiger partial charge < -0.3 is 5.32 Å². The van der Waals surface area contributed by atoms with Gasteiger partial charge in [0, 0.05) is 23.4 Å². The molecule has 102 valence electrons. The van der Waals surface area contributed by atoms with Crippen molar-refractivity contribution in [3.8, 4) is 0 Å². The standard InChI is InChI=1S/C15H13F2N3/c1-18-15(11-6-5-10(16)8-13(11)17)12-9-19-20-7-3-2-4-14(12)20/h2-9,15,18H,1H3. The fourth-order valence-electron chi connectivity index (χ4n) is 2.39. The summed E-state index contributed by atoms with van der Waals surface area (Å²) >= 11 is 0. The molecular formula is C15H13F2N3. The topological polar surface area (TPSA) is 29.3 Å². The second kappa shape index (κ2) is 5.02. The van der Waals surface area contributed by atoms with Crippen LogP contribution in [0, 0.1) is 11.6 Å². The fourth-order valence-corrected chi connectivity index (χ4v) is 2.39. The van der Waals surface area contributed by atoms with E-state index in [1.807, 2.05) is 24.4 Å². The number of pyridine rings is 1. The third-order valence-electron chi connectivity index (χ3n) is 3.33. The minimum absolute atomic E-state index is 0.379. The SMILES string of the molecule is CNC(c1ccc(F)cc1F)c1cnn2ccccc12. The van der Waals surface area contributed by atoms with E-state index in [2.05, 4.69) is 10.4 Å². The zero-order chi connectivity index (χ0) is 14.1. The molecule has 5 heteroatoms. The molecule has 3 nitrogen and oxygen atoms in total. The van der Waals surface area contributed by atoms with Crippen LogP contribution in [0.5, 0.6) is 0 Å². The van der Waals surface area contributed by atoms with E-state index in [-0.39, 0.29) is 6.04 Å². The van der Waals surface area contributed by atoms with E-state index in [0.717, 1.165) is 17.1 Å². The summed E-state index contributed by atoms with van der Waals surface area (Å²) in [6, 6.07) is 8.91. The maximum atomic E-state index is 14.0. The highest BCUT2D eigenvalue weighted by Gasteiger charge is 2.20. The number of nitrogens with one attached hydrogen (secondary N) is 1. The summed E-state index contributed by atoms with van der Waals surface area (Å²) < 4.78 is 28.7. The van der Waals surface area contributed by atoms with Crippen molar-refractivity contribution in [3.05, 3.63) is 71.6 Å². The molecule has 1 aromatic carbocycles. The van der Waals surface area contributed by atoms with Crippen LogP contribution in [0.15, 0.2) is 48.8 Å². The van der Waals surface area contributed by atoms with E-state index in [9.17, 15) is 8.78 Å². The van der Waals surface area contributed by atoms with Crippen molar-refractivity contribution < 1.29 is 8.78 Å². The smallest absolute Gasteiger partial charge is 0.131 e. The molecule has 1 atom stereocenters. The van der Waals surface area contributed by atoms with E-state index in [4.69, 9.17) is 0 Å². The van der Waals surface area contributed by atoms with Crippen LogP contribution in [0.25, 0.3) is 5.52 Å². The van der Waals surface area contributed by atoms with E-state index in [1.165, 1.54) is 12.1 Å².